The van der Waals surface area contributed by atoms with Crippen LogP contribution in [0, 0.1) is 0 Å². The zero-order valence-corrected chi connectivity index (χ0v) is 53.6. The van der Waals surface area contributed by atoms with Crippen LogP contribution in [0.4, 0.5) is 0 Å². The van der Waals surface area contributed by atoms with Crippen molar-refractivity contribution in [1.29, 1.82) is 0 Å². The van der Waals surface area contributed by atoms with Crippen molar-refractivity contribution in [2.45, 2.75) is 233 Å². The lowest BCUT2D eigenvalue weighted by atomic mass is 10.1. The summed E-state index contributed by atoms with van der Waals surface area (Å²) in [5, 5.41) is 7.69. The SMILES string of the molecule is CC(=O)N1C[C@@H](N=[N+]=[N-])C[C@H]1C(=O)N1CCC[C@H]1C(=O)N1CCC[C@H]1C(=O)N1CCC[C@H]1C(=O)N1CCC[C@H]1C(=O)N1CCC[C@H]1C(=O)N1C[C@@H](N=[N+]=[N-])C[C@H]1C(=O)N1CCC[C@H]1C(=O)N1CCC[C@H]1C(=O)N1CCC[C@H]1C(=O)N1CCC[C@H]1C(=O)N1CCC[C@H]1C(N)=O. The Morgan fingerprint density at radius 2 is 0.468 bits per heavy atom. The molecule has 0 aromatic rings. The topological polar surface area (TPSA) is 384 Å². The average molecular weight is 1310 g/mol. The summed E-state index contributed by atoms with van der Waals surface area (Å²) >= 11 is 0. The molecule has 12 fully saturated rings. The molecule has 12 heterocycles. The molecule has 0 saturated carbocycles. The molecule has 508 valence electrons. The molecule has 12 saturated heterocycles. The molecule has 2 N–H and O–H groups in total. The van der Waals surface area contributed by atoms with Gasteiger partial charge in [-0.2, -0.15) is 0 Å². The molecular weight excluding hydrogens is 1220 g/mol. The first-order valence-corrected chi connectivity index (χ1v) is 34.3. The molecule has 0 unspecified atom stereocenters. The Morgan fingerprint density at radius 3 is 0.681 bits per heavy atom. The normalized spacial score (nSPS) is 32.5. The third kappa shape index (κ3) is 12.1. The first kappa shape index (κ1) is 65.8. The van der Waals surface area contributed by atoms with Gasteiger partial charge < -0.3 is 64.5 Å². The summed E-state index contributed by atoms with van der Waals surface area (Å²) in [5.41, 5.74) is 24.3. The standard InChI is InChI=1S/C62H87N19O13/c1-36(82)80-34-37(66-68-64)32-49(80)61(93)78-30-9-19-46(78)58(90)75-27-6-16-43(75)55(87)73-25-5-15-42(73)54(86)74-26-8-18-45(74)57(89)77-29-11-21-48(77)60(92)81-35-38(67-69-65)33-50(81)62(94)79-31-10-20-47(79)59(91)76-28-7-17-44(76)56(88)72-24-4-14-41(72)53(85)71-23-3-13-40(71)52(84)70-22-2-12-39(70)51(63)83/h37-50H,2-35H2,1H3,(H2,63,83)/t37-,38-,39-,40-,41-,42-,43-,44-,45-,46-,47-,48-,49-,50-/m0/s1. The molecule has 12 rings (SSSR count). The molecular formula is C62H87N19O13. The van der Waals surface area contributed by atoms with E-state index in [-0.39, 0.29) is 127 Å². The van der Waals surface area contributed by atoms with Crippen molar-refractivity contribution in [3.8, 4) is 0 Å². The number of rotatable bonds is 14. The molecule has 0 bridgehead atoms. The minimum Gasteiger partial charge on any atom is -0.368 e. The van der Waals surface area contributed by atoms with Crippen LogP contribution < -0.4 is 5.73 Å². The predicted molar refractivity (Wildman–Crippen MR) is 328 cm³/mol. The largest absolute Gasteiger partial charge is 0.368 e. The maximum absolute atomic E-state index is 15.1. The van der Waals surface area contributed by atoms with Crippen LogP contribution in [0.1, 0.15) is 148 Å². The van der Waals surface area contributed by atoms with Gasteiger partial charge in [0.05, 0.1) is 12.1 Å². The van der Waals surface area contributed by atoms with E-state index in [2.05, 4.69) is 20.1 Å². The van der Waals surface area contributed by atoms with Gasteiger partial charge in [-0.1, -0.05) is 10.2 Å². The molecule has 32 heteroatoms. The smallest absolute Gasteiger partial charge is 0.246 e. The van der Waals surface area contributed by atoms with Gasteiger partial charge in [0.15, 0.2) is 0 Å². The molecule has 0 aliphatic carbocycles. The third-order valence-corrected chi connectivity index (χ3v) is 22.5. The van der Waals surface area contributed by atoms with Crippen molar-refractivity contribution in [2.24, 2.45) is 16.0 Å². The van der Waals surface area contributed by atoms with E-state index in [1.54, 1.807) is 0 Å². The van der Waals surface area contributed by atoms with Gasteiger partial charge in [-0.3, -0.25) is 62.3 Å². The number of likely N-dealkylation sites (tertiary alicyclic amines) is 12. The van der Waals surface area contributed by atoms with E-state index >= 15 is 9.59 Å². The fraction of sp³-hybridized carbons (Fsp3) is 0.790. The van der Waals surface area contributed by atoms with Gasteiger partial charge in [-0.15, -0.1) is 0 Å². The maximum atomic E-state index is 15.1. The van der Waals surface area contributed by atoms with E-state index in [1.807, 2.05) is 0 Å². The number of carbonyl (C=O) groups excluding carboxylic acids is 13. The Bertz CT molecular complexity index is 3210. The van der Waals surface area contributed by atoms with E-state index in [1.165, 1.54) is 65.7 Å². The summed E-state index contributed by atoms with van der Waals surface area (Å²) in [6.07, 6.45) is 8.73. The Kier molecular flexibility index (Phi) is 19.3. The minimum atomic E-state index is -1.16. The number of nitrogens with two attached hydrogens (primary N) is 1. The number of primary amides is 1. The van der Waals surface area contributed by atoms with E-state index < -0.39 is 126 Å². The molecule has 0 radical (unpaired) electrons. The van der Waals surface area contributed by atoms with Crippen molar-refractivity contribution in [2.75, 3.05) is 78.5 Å². The highest BCUT2D eigenvalue weighted by atomic mass is 16.2. The lowest BCUT2D eigenvalue weighted by Crippen LogP contribution is -2.59. The first-order valence-electron chi connectivity index (χ1n) is 34.3. The van der Waals surface area contributed by atoms with Crippen molar-refractivity contribution in [3.63, 3.8) is 0 Å². The molecule has 0 spiro atoms. The molecule has 14 atom stereocenters. The first-order chi connectivity index (χ1) is 45.3. The summed E-state index contributed by atoms with van der Waals surface area (Å²) in [5.74, 6) is -5.50. The van der Waals surface area contributed by atoms with Crippen molar-refractivity contribution in [3.05, 3.63) is 20.9 Å². The monoisotopic (exact) mass is 1310 g/mol. The number of amides is 13. The molecule has 12 aliphatic rings. The van der Waals surface area contributed by atoms with Gasteiger partial charge in [-0.25, -0.2) is 0 Å². The van der Waals surface area contributed by atoms with Crippen LogP contribution in [-0.2, 0) is 62.3 Å². The Balaban J connectivity index is 0.682. The van der Waals surface area contributed by atoms with E-state index in [9.17, 15) is 58.3 Å². The fourth-order valence-corrected chi connectivity index (χ4v) is 18.0. The average Bonchev–Trinajstić information content (AvgIpc) is 1.61. The highest BCUT2D eigenvalue weighted by Gasteiger charge is 2.55. The zero-order chi connectivity index (χ0) is 66.4. The molecule has 12 aliphatic heterocycles. The number of hydrogen-bond acceptors (Lipinski definition) is 15. The highest BCUT2D eigenvalue weighted by Crippen LogP contribution is 2.37. The van der Waals surface area contributed by atoms with Crippen LogP contribution in [0.15, 0.2) is 10.2 Å². The zero-order valence-electron chi connectivity index (χ0n) is 53.6. The Labute approximate surface area is 544 Å². The number of carbonyl (C=O) groups is 13. The minimum absolute atomic E-state index is 0.0365. The quantitative estimate of drug-likeness (QED) is 0.136. The van der Waals surface area contributed by atoms with Gasteiger partial charge in [0.2, 0.25) is 76.8 Å². The number of nitrogens with zero attached hydrogens (tertiary/aromatic N) is 18. The molecule has 0 aromatic carbocycles. The van der Waals surface area contributed by atoms with Gasteiger partial charge in [0.1, 0.15) is 72.5 Å². The number of hydrogen-bond donors (Lipinski definition) is 1. The van der Waals surface area contributed by atoms with E-state index in [4.69, 9.17) is 11.3 Å². The second-order valence-electron chi connectivity index (χ2n) is 27.7. The lowest BCUT2D eigenvalue weighted by Gasteiger charge is -2.38. The lowest BCUT2D eigenvalue weighted by molar-refractivity contribution is -0.156. The van der Waals surface area contributed by atoms with Crippen molar-refractivity contribution in [1.82, 2.24) is 58.8 Å². The Hall–Kier alpha value is -8.27. The second-order valence-corrected chi connectivity index (χ2v) is 27.7. The molecule has 0 aromatic heterocycles. The van der Waals surface area contributed by atoms with Gasteiger partial charge in [-0.05, 0) is 152 Å². The third-order valence-electron chi connectivity index (χ3n) is 22.5. The van der Waals surface area contributed by atoms with Crippen LogP contribution >= 0.6 is 0 Å². The summed E-state index contributed by atoms with van der Waals surface area (Å²) < 4.78 is 0. The van der Waals surface area contributed by atoms with Crippen LogP contribution in [-0.4, -0.2) is 299 Å². The Morgan fingerprint density at radius 1 is 0.287 bits per heavy atom. The van der Waals surface area contributed by atoms with E-state index in [0.717, 1.165) is 0 Å². The van der Waals surface area contributed by atoms with Crippen LogP contribution in [0.2, 0.25) is 0 Å². The molecule has 32 nitrogen and oxygen atoms in total. The van der Waals surface area contributed by atoms with E-state index in [0.29, 0.717) is 129 Å². The second kappa shape index (κ2) is 27.6. The van der Waals surface area contributed by atoms with Gasteiger partial charge in [0.25, 0.3) is 0 Å². The van der Waals surface area contributed by atoms with Gasteiger partial charge >= 0.3 is 0 Å². The molecule has 94 heavy (non-hydrogen) atoms. The fourth-order valence-electron chi connectivity index (χ4n) is 18.0. The van der Waals surface area contributed by atoms with Crippen LogP contribution in [0.5, 0.6) is 0 Å². The van der Waals surface area contributed by atoms with Crippen LogP contribution in [0.3, 0.4) is 0 Å². The van der Waals surface area contributed by atoms with Crippen LogP contribution in [0.25, 0.3) is 20.9 Å². The van der Waals surface area contributed by atoms with Gasteiger partial charge in [0, 0.05) is 95.3 Å². The predicted octanol–water partition coefficient (Wildman–Crippen LogP) is -0.0388. The highest BCUT2D eigenvalue weighted by molar-refractivity contribution is 6.01. The molecule has 13 amide bonds. The van der Waals surface area contributed by atoms with Crippen molar-refractivity contribution < 1.29 is 62.3 Å². The van der Waals surface area contributed by atoms with Crippen molar-refractivity contribution >= 4 is 76.8 Å². The maximum Gasteiger partial charge on any atom is 0.246 e. The summed E-state index contributed by atoms with van der Waals surface area (Å²) in [7, 11) is 0. The summed E-state index contributed by atoms with van der Waals surface area (Å²) in [6, 6.07) is -12.4. The summed E-state index contributed by atoms with van der Waals surface area (Å²) in [4.78, 5) is 210. The number of azide groups is 2. The summed E-state index contributed by atoms with van der Waals surface area (Å²) in [6.45, 7) is 3.90.